The molecule has 0 radical (unpaired) electrons. The number of halogens is 3. The van der Waals surface area contributed by atoms with E-state index in [0.29, 0.717) is 25.1 Å². The first kappa shape index (κ1) is 25.0. The van der Waals surface area contributed by atoms with E-state index in [-0.39, 0.29) is 36.9 Å². The molecule has 0 aliphatic carbocycles. The van der Waals surface area contributed by atoms with E-state index in [9.17, 15) is 22.8 Å². The second kappa shape index (κ2) is 9.53. The summed E-state index contributed by atoms with van der Waals surface area (Å²) in [5.74, 6) is -0.618. The van der Waals surface area contributed by atoms with E-state index in [2.05, 4.69) is 5.32 Å². The second-order valence-electron chi connectivity index (χ2n) is 9.18. The molecule has 1 unspecified atom stereocenters. The maximum absolute atomic E-state index is 14.4. The van der Waals surface area contributed by atoms with Crippen LogP contribution in [0.1, 0.15) is 36.3 Å². The fraction of sp³-hybridized carbons (Fsp3) is 0.462. The number of para-hydroxylation sites is 1. The van der Waals surface area contributed by atoms with E-state index in [1.54, 1.807) is 13.2 Å². The molecule has 0 bridgehead atoms. The number of alkyl halides is 3. The van der Waals surface area contributed by atoms with Crippen LogP contribution >= 0.6 is 0 Å². The zero-order chi connectivity index (χ0) is 25.3. The number of ether oxygens (including phenoxy) is 2. The molecule has 2 aromatic rings. The summed E-state index contributed by atoms with van der Waals surface area (Å²) in [6.45, 7) is 0.583. The molecule has 9 heteroatoms. The Labute approximate surface area is 202 Å². The molecule has 2 atom stereocenters. The van der Waals surface area contributed by atoms with Crippen molar-refractivity contribution in [3.8, 4) is 5.75 Å². The van der Waals surface area contributed by atoms with Crippen molar-refractivity contribution in [2.24, 2.45) is 5.41 Å². The lowest BCUT2D eigenvalue weighted by Crippen LogP contribution is -2.60. The highest BCUT2D eigenvalue weighted by molar-refractivity contribution is 5.88. The van der Waals surface area contributed by atoms with Crippen molar-refractivity contribution in [1.29, 1.82) is 0 Å². The Kier molecular flexibility index (Phi) is 6.81. The molecule has 2 aromatic carbocycles. The molecule has 4 rings (SSSR count). The number of nitrogens with one attached hydrogen (secondary N) is 1. The first-order valence-corrected chi connectivity index (χ1v) is 11.5. The van der Waals surface area contributed by atoms with Crippen molar-refractivity contribution < 1.29 is 32.2 Å². The molecular weight excluding hydrogens is 461 g/mol. The van der Waals surface area contributed by atoms with Crippen molar-refractivity contribution in [2.75, 3.05) is 33.9 Å². The Balaban J connectivity index is 1.64. The number of likely N-dealkylation sites (tertiary alicyclic amines) is 1. The normalized spacial score (nSPS) is 21.8. The molecular formula is C26H29F3N2O4. The Bertz CT molecular complexity index is 1070. The van der Waals surface area contributed by atoms with Crippen molar-refractivity contribution in [2.45, 2.75) is 37.0 Å². The van der Waals surface area contributed by atoms with Gasteiger partial charge in [0, 0.05) is 44.6 Å². The summed E-state index contributed by atoms with van der Waals surface area (Å²) in [7, 11) is 2.49. The Morgan fingerprint density at radius 3 is 2.26 bits per heavy atom. The van der Waals surface area contributed by atoms with Crippen molar-refractivity contribution in [3.05, 3.63) is 65.7 Å². The number of carbonyl (C=O) groups is 2. The zero-order valence-electron chi connectivity index (χ0n) is 19.7. The third-order valence-electron chi connectivity index (χ3n) is 7.50. The summed E-state index contributed by atoms with van der Waals surface area (Å²) in [6.07, 6.45) is -3.94. The van der Waals surface area contributed by atoms with Crippen LogP contribution in [0, 0.1) is 5.41 Å². The van der Waals surface area contributed by atoms with Gasteiger partial charge in [-0.2, -0.15) is 13.2 Å². The molecule has 6 nitrogen and oxygen atoms in total. The summed E-state index contributed by atoms with van der Waals surface area (Å²) in [6, 6.07) is 14.6. The molecule has 2 fully saturated rings. The van der Waals surface area contributed by atoms with Crippen LogP contribution in [0.5, 0.6) is 5.75 Å². The number of hydrogen-bond acceptors (Lipinski definition) is 4. The van der Waals surface area contributed by atoms with Crippen LogP contribution in [0.2, 0.25) is 0 Å². The number of carbonyl (C=O) groups excluding carboxylic acids is 2. The highest BCUT2D eigenvalue weighted by Gasteiger charge is 2.64. The van der Waals surface area contributed by atoms with Crippen LogP contribution in [0.3, 0.4) is 0 Å². The smallest absolute Gasteiger partial charge is 0.430 e. The molecule has 2 aliphatic rings. The number of benzene rings is 2. The van der Waals surface area contributed by atoms with Gasteiger partial charge < -0.3 is 19.7 Å². The SMILES string of the molecule is COc1ccccc1C1CNC(=O)CC12CCN(C(=O)[C@](OC)(c1ccccc1)C(F)(F)F)CC2. The minimum absolute atomic E-state index is 0.0856. The third kappa shape index (κ3) is 4.26. The largest absolute Gasteiger partial charge is 0.496 e. The topological polar surface area (TPSA) is 67.9 Å². The van der Waals surface area contributed by atoms with E-state index in [1.165, 1.54) is 29.2 Å². The van der Waals surface area contributed by atoms with Crippen LogP contribution in [0.15, 0.2) is 54.6 Å². The van der Waals surface area contributed by atoms with Crippen LogP contribution in [0.4, 0.5) is 13.2 Å². The van der Waals surface area contributed by atoms with E-state index in [0.717, 1.165) is 12.7 Å². The highest BCUT2D eigenvalue weighted by atomic mass is 19.4. The van der Waals surface area contributed by atoms with Crippen LogP contribution in [-0.2, 0) is 19.9 Å². The van der Waals surface area contributed by atoms with Gasteiger partial charge in [0.05, 0.1) is 7.11 Å². The fourth-order valence-electron chi connectivity index (χ4n) is 5.64. The lowest BCUT2D eigenvalue weighted by Gasteiger charge is -2.50. The van der Waals surface area contributed by atoms with Gasteiger partial charge in [-0.3, -0.25) is 9.59 Å². The predicted octanol–water partition coefficient (Wildman–Crippen LogP) is 4.01. The van der Waals surface area contributed by atoms with Crippen LogP contribution in [-0.4, -0.2) is 56.7 Å². The van der Waals surface area contributed by atoms with Crippen LogP contribution in [0.25, 0.3) is 0 Å². The Hall–Kier alpha value is -3.07. The average molecular weight is 491 g/mol. The molecule has 188 valence electrons. The molecule has 1 spiro atoms. The van der Waals surface area contributed by atoms with Crippen molar-refractivity contribution >= 4 is 11.8 Å². The molecule has 1 N–H and O–H groups in total. The molecule has 0 aromatic heterocycles. The van der Waals surface area contributed by atoms with Crippen molar-refractivity contribution in [3.63, 3.8) is 0 Å². The van der Waals surface area contributed by atoms with Gasteiger partial charge in [0.15, 0.2) is 0 Å². The van der Waals surface area contributed by atoms with E-state index in [1.807, 2.05) is 24.3 Å². The third-order valence-corrected chi connectivity index (χ3v) is 7.50. The van der Waals surface area contributed by atoms with Gasteiger partial charge in [-0.05, 0) is 29.9 Å². The Morgan fingerprint density at radius 2 is 1.66 bits per heavy atom. The van der Waals surface area contributed by atoms with Gasteiger partial charge in [-0.1, -0.05) is 48.5 Å². The molecule has 2 aliphatic heterocycles. The average Bonchev–Trinajstić information content (AvgIpc) is 2.85. The first-order valence-electron chi connectivity index (χ1n) is 11.5. The van der Waals surface area contributed by atoms with Gasteiger partial charge in [-0.25, -0.2) is 0 Å². The zero-order valence-corrected chi connectivity index (χ0v) is 19.7. The summed E-state index contributed by atoms with van der Waals surface area (Å²) in [5.41, 5.74) is -2.90. The quantitative estimate of drug-likeness (QED) is 0.688. The summed E-state index contributed by atoms with van der Waals surface area (Å²) >= 11 is 0. The monoisotopic (exact) mass is 490 g/mol. The lowest BCUT2D eigenvalue weighted by molar-refractivity contribution is -0.271. The Morgan fingerprint density at radius 1 is 1.03 bits per heavy atom. The molecule has 2 saturated heterocycles. The number of methoxy groups -OCH3 is 2. The summed E-state index contributed by atoms with van der Waals surface area (Å²) < 4.78 is 53.7. The van der Waals surface area contributed by atoms with Crippen LogP contribution < -0.4 is 10.1 Å². The molecule has 2 heterocycles. The molecule has 35 heavy (non-hydrogen) atoms. The summed E-state index contributed by atoms with van der Waals surface area (Å²) in [4.78, 5) is 27.1. The fourth-order valence-corrected chi connectivity index (χ4v) is 5.64. The van der Waals surface area contributed by atoms with Gasteiger partial charge >= 0.3 is 6.18 Å². The maximum atomic E-state index is 14.4. The number of rotatable bonds is 5. The van der Waals surface area contributed by atoms with Crippen molar-refractivity contribution in [1.82, 2.24) is 10.2 Å². The van der Waals surface area contributed by atoms with E-state index >= 15 is 0 Å². The maximum Gasteiger partial charge on any atom is 0.430 e. The minimum Gasteiger partial charge on any atom is -0.496 e. The molecule has 0 saturated carbocycles. The number of amides is 2. The van der Waals surface area contributed by atoms with Gasteiger partial charge in [0.1, 0.15) is 5.75 Å². The van der Waals surface area contributed by atoms with Gasteiger partial charge in [-0.15, -0.1) is 0 Å². The van der Waals surface area contributed by atoms with E-state index in [4.69, 9.17) is 9.47 Å². The highest BCUT2D eigenvalue weighted by Crippen LogP contribution is 2.51. The lowest BCUT2D eigenvalue weighted by atomic mass is 9.62. The first-order chi connectivity index (χ1) is 16.7. The number of hydrogen-bond donors (Lipinski definition) is 1. The summed E-state index contributed by atoms with van der Waals surface area (Å²) in [5, 5.41) is 2.92. The second-order valence-corrected chi connectivity index (χ2v) is 9.18. The molecule has 2 amide bonds. The number of nitrogens with zero attached hydrogens (tertiary/aromatic N) is 1. The van der Waals surface area contributed by atoms with Gasteiger partial charge in [0.25, 0.3) is 11.5 Å². The standard InChI is InChI=1S/C26H29F3N2O4/c1-34-21-11-7-6-10-19(21)20-17-30-22(32)16-24(20)12-14-31(15-13-24)23(33)25(35-2,26(27,28)29)18-8-4-3-5-9-18/h3-11,20H,12-17H2,1-2H3,(H,30,32)/t20?,25-/m1/s1. The number of piperidine rings is 2. The predicted molar refractivity (Wildman–Crippen MR) is 123 cm³/mol. The van der Waals surface area contributed by atoms with Gasteiger partial charge in [0.2, 0.25) is 5.91 Å². The van der Waals surface area contributed by atoms with E-state index < -0.39 is 23.1 Å². The minimum atomic E-state index is -4.96.